The summed E-state index contributed by atoms with van der Waals surface area (Å²) in [7, 11) is 0. The number of aromatic nitrogens is 2. The number of aryl methyl sites for hydroxylation is 2. The fraction of sp³-hybridized carbons (Fsp3) is 0.167. The molecule has 2 rings (SSSR count). The molecule has 0 spiro atoms. The van der Waals surface area contributed by atoms with E-state index in [1.807, 2.05) is 13.8 Å². The summed E-state index contributed by atoms with van der Waals surface area (Å²) in [6, 6.07) is 2.80. The van der Waals surface area contributed by atoms with Crippen LogP contribution in [-0.4, -0.2) is 9.97 Å². The summed E-state index contributed by atoms with van der Waals surface area (Å²) in [5.41, 5.74) is 1.97. The molecule has 1 aromatic heterocycles. The lowest BCUT2D eigenvalue weighted by Crippen LogP contribution is -2.01. The molecule has 100 valence electrons. The average Bonchev–Trinajstić information content (AvgIpc) is 2.33. The number of nitrogens with one attached hydrogen (secondary N) is 1. The van der Waals surface area contributed by atoms with E-state index in [1.54, 1.807) is 0 Å². The van der Waals surface area contributed by atoms with Crippen LogP contribution in [0.5, 0.6) is 0 Å². The lowest BCUT2D eigenvalue weighted by Gasteiger charge is -2.10. The van der Waals surface area contributed by atoms with Crippen LogP contribution in [-0.2, 0) is 0 Å². The SMILES string of the molecule is Cc1nc(Cl)c(Nc2cc(Cl)c(F)c(Cl)c2)nc1C. The highest BCUT2D eigenvalue weighted by Crippen LogP contribution is 2.30. The zero-order chi connectivity index (χ0) is 14.2. The number of rotatable bonds is 2. The van der Waals surface area contributed by atoms with Crippen molar-refractivity contribution in [2.24, 2.45) is 0 Å². The molecule has 0 atom stereocenters. The van der Waals surface area contributed by atoms with E-state index < -0.39 is 5.82 Å². The second-order valence-electron chi connectivity index (χ2n) is 3.91. The van der Waals surface area contributed by atoms with Gasteiger partial charge in [0.2, 0.25) is 0 Å². The third-order valence-corrected chi connectivity index (χ3v) is 3.32. The Labute approximate surface area is 124 Å². The maximum atomic E-state index is 13.3. The molecule has 0 amide bonds. The Morgan fingerprint density at radius 2 is 1.53 bits per heavy atom. The van der Waals surface area contributed by atoms with Gasteiger partial charge in [-0.1, -0.05) is 34.8 Å². The van der Waals surface area contributed by atoms with E-state index in [1.165, 1.54) is 12.1 Å². The summed E-state index contributed by atoms with van der Waals surface area (Å²) in [4.78, 5) is 8.40. The molecule has 0 aliphatic heterocycles. The summed E-state index contributed by atoms with van der Waals surface area (Å²) in [5, 5.41) is 2.97. The second-order valence-corrected chi connectivity index (χ2v) is 5.09. The number of benzene rings is 1. The van der Waals surface area contributed by atoms with E-state index in [2.05, 4.69) is 15.3 Å². The van der Waals surface area contributed by atoms with Gasteiger partial charge in [-0.15, -0.1) is 0 Å². The van der Waals surface area contributed by atoms with Gasteiger partial charge in [-0.05, 0) is 26.0 Å². The van der Waals surface area contributed by atoms with Gasteiger partial charge in [-0.2, -0.15) is 0 Å². The Bertz CT molecular complexity index is 623. The largest absolute Gasteiger partial charge is 0.338 e. The Balaban J connectivity index is 2.39. The fourth-order valence-corrected chi connectivity index (χ4v) is 2.12. The van der Waals surface area contributed by atoms with Crippen molar-refractivity contribution in [2.75, 3.05) is 5.32 Å². The summed E-state index contributed by atoms with van der Waals surface area (Å²) in [5.74, 6) is -0.297. The Morgan fingerprint density at radius 3 is 2.11 bits per heavy atom. The summed E-state index contributed by atoms with van der Waals surface area (Å²) in [6.07, 6.45) is 0. The van der Waals surface area contributed by atoms with Gasteiger partial charge in [0, 0.05) is 5.69 Å². The minimum absolute atomic E-state index is 0.0806. The third kappa shape index (κ3) is 3.08. The normalized spacial score (nSPS) is 10.6. The fourth-order valence-electron chi connectivity index (χ4n) is 1.42. The van der Waals surface area contributed by atoms with Crippen molar-refractivity contribution in [1.29, 1.82) is 0 Å². The van der Waals surface area contributed by atoms with Crippen molar-refractivity contribution < 1.29 is 4.39 Å². The van der Waals surface area contributed by atoms with Crippen LogP contribution in [0.2, 0.25) is 15.2 Å². The molecule has 19 heavy (non-hydrogen) atoms. The van der Waals surface area contributed by atoms with E-state index in [0.29, 0.717) is 11.5 Å². The van der Waals surface area contributed by atoms with E-state index in [-0.39, 0.29) is 15.2 Å². The highest BCUT2D eigenvalue weighted by Gasteiger charge is 2.11. The zero-order valence-electron chi connectivity index (χ0n) is 10.1. The van der Waals surface area contributed by atoms with E-state index in [4.69, 9.17) is 34.8 Å². The van der Waals surface area contributed by atoms with Crippen molar-refractivity contribution in [3.63, 3.8) is 0 Å². The first-order chi connectivity index (χ1) is 8.88. The van der Waals surface area contributed by atoms with E-state index >= 15 is 0 Å². The van der Waals surface area contributed by atoms with Gasteiger partial charge >= 0.3 is 0 Å². The van der Waals surface area contributed by atoms with Gasteiger partial charge < -0.3 is 5.32 Å². The minimum Gasteiger partial charge on any atom is -0.338 e. The maximum Gasteiger partial charge on any atom is 0.172 e. The second kappa shape index (κ2) is 5.49. The Kier molecular flexibility index (Phi) is 4.13. The average molecular weight is 321 g/mol. The van der Waals surface area contributed by atoms with Gasteiger partial charge in [-0.3, -0.25) is 0 Å². The highest BCUT2D eigenvalue weighted by molar-refractivity contribution is 6.35. The van der Waals surface area contributed by atoms with Crippen LogP contribution in [0.25, 0.3) is 0 Å². The molecule has 0 saturated carbocycles. The molecule has 0 aliphatic carbocycles. The molecule has 0 saturated heterocycles. The van der Waals surface area contributed by atoms with Crippen LogP contribution in [0.3, 0.4) is 0 Å². The number of hydrogen-bond acceptors (Lipinski definition) is 3. The van der Waals surface area contributed by atoms with Gasteiger partial charge in [0.15, 0.2) is 16.8 Å². The molecular weight excluding hydrogens is 312 g/mol. The number of hydrogen-bond donors (Lipinski definition) is 1. The molecule has 0 bridgehead atoms. The van der Waals surface area contributed by atoms with Crippen molar-refractivity contribution in [3.05, 3.63) is 44.5 Å². The Morgan fingerprint density at radius 1 is 1.00 bits per heavy atom. The molecule has 2 aromatic rings. The summed E-state index contributed by atoms with van der Waals surface area (Å²) < 4.78 is 13.3. The summed E-state index contributed by atoms with van der Waals surface area (Å²) in [6.45, 7) is 3.62. The molecule has 0 radical (unpaired) electrons. The quantitative estimate of drug-likeness (QED) is 0.797. The molecule has 0 unspecified atom stereocenters. The van der Waals surface area contributed by atoms with Crippen LogP contribution >= 0.6 is 34.8 Å². The lowest BCUT2D eigenvalue weighted by atomic mass is 10.3. The Hall–Kier alpha value is -1.10. The molecular formula is C12H9Cl3FN3. The van der Waals surface area contributed by atoms with Crippen molar-refractivity contribution in [3.8, 4) is 0 Å². The lowest BCUT2D eigenvalue weighted by molar-refractivity contribution is 0.629. The van der Waals surface area contributed by atoms with Crippen molar-refractivity contribution >= 4 is 46.3 Å². The zero-order valence-corrected chi connectivity index (χ0v) is 12.3. The minimum atomic E-state index is -0.661. The predicted molar refractivity (Wildman–Crippen MR) is 76.2 cm³/mol. The first-order valence-corrected chi connectivity index (χ1v) is 6.44. The number of halogens is 4. The maximum absolute atomic E-state index is 13.3. The molecule has 0 aliphatic rings. The van der Waals surface area contributed by atoms with Gasteiger partial charge in [0.1, 0.15) is 0 Å². The van der Waals surface area contributed by atoms with Crippen molar-refractivity contribution in [2.45, 2.75) is 13.8 Å². The van der Waals surface area contributed by atoms with Gasteiger partial charge in [-0.25, -0.2) is 14.4 Å². The first kappa shape index (κ1) is 14.3. The van der Waals surface area contributed by atoms with E-state index in [9.17, 15) is 4.39 Å². The van der Waals surface area contributed by atoms with Crippen LogP contribution in [0.15, 0.2) is 12.1 Å². The molecule has 1 aromatic carbocycles. The van der Waals surface area contributed by atoms with Crippen molar-refractivity contribution in [1.82, 2.24) is 9.97 Å². The van der Waals surface area contributed by atoms with Gasteiger partial charge in [0.25, 0.3) is 0 Å². The molecule has 0 fully saturated rings. The molecule has 7 heteroatoms. The van der Waals surface area contributed by atoms with Crippen LogP contribution in [0.4, 0.5) is 15.9 Å². The number of nitrogens with zero attached hydrogens (tertiary/aromatic N) is 2. The molecule has 1 heterocycles. The standard InChI is InChI=1S/C12H9Cl3FN3/c1-5-6(2)18-12(11(15)17-5)19-7-3-8(13)10(16)9(14)4-7/h3-4H,1-2H3,(H,18,19). The van der Waals surface area contributed by atoms with Crippen LogP contribution in [0.1, 0.15) is 11.4 Å². The number of anilines is 2. The molecule has 1 N–H and O–H groups in total. The third-order valence-electron chi connectivity index (χ3n) is 2.51. The first-order valence-electron chi connectivity index (χ1n) is 5.31. The monoisotopic (exact) mass is 319 g/mol. The molecule has 3 nitrogen and oxygen atoms in total. The van der Waals surface area contributed by atoms with Gasteiger partial charge in [0.05, 0.1) is 21.4 Å². The topological polar surface area (TPSA) is 37.8 Å². The highest BCUT2D eigenvalue weighted by atomic mass is 35.5. The smallest absolute Gasteiger partial charge is 0.172 e. The predicted octanol–water partition coefficient (Wildman–Crippen LogP) is 4.94. The van der Waals surface area contributed by atoms with E-state index in [0.717, 1.165) is 11.4 Å². The van der Waals surface area contributed by atoms with Crippen LogP contribution in [0, 0.1) is 19.7 Å². The summed E-state index contributed by atoms with van der Waals surface area (Å²) >= 11 is 17.4. The van der Waals surface area contributed by atoms with Crippen LogP contribution < -0.4 is 5.32 Å².